The molecule has 1 aromatic heterocycles. The molecule has 0 saturated heterocycles. The molecule has 0 amide bonds. The van der Waals surface area contributed by atoms with Gasteiger partial charge in [0.2, 0.25) is 0 Å². The maximum Gasteiger partial charge on any atom is 0.255 e. The molecule has 0 bridgehead atoms. The molecule has 0 radical (unpaired) electrons. The van der Waals surface area contributed by atoms with Crippen molar-refractivity contribution >= 4 is 0 Å². The fourth-order valence-corrected chi connectivity index (χ4v) is 3.73. The Labute approximate surface area is 136 Å². The number of H-pyrrole nitrogens is 1. The van der Waals surface area contributed by atoms with Crippen LogP contribution < -0.4 is 10.3 Å². The molecule has 126 valence electrons. The second-order valence-corrected chi connectivity index (χ2v) is 6.77. The Morgan fingerprint density at radius 1 is 1.26 bits per heavy atom. The van der Waals surface area contributed by atoms with E-state index in [-0.39, 0.29) is 18.2 Å². The van der Waals surface area contributed by atoms with Crippen LogP contribution in [0.3, 0.4) is 0 Å². The quantitative estimate of drug-likeness (QED) is 0.499. The van der Waals surface area contributed by atoms with Gasteiger partial charge < -0.3 is 9.72 Å². The molecule has 2 rings (SSSR count). The van der Waals surface area contributed by atoms with Crippen molar-refractivity contribution in [3.05, 3.63) is 37.6 Å². The Morgan fingerprint density at radius 2 is 1.91 bits per heavy atom. The number of rotatable bonds is 5. The first-order valence-corrected chi connectivity index (χ1v) is 8.38. The van der Waals surface area contributed by atoms with Crippen LogP contribution in [-0.4, -0.2) is 11.1 Å². The van der Waals surface area contributed by atoms with Crippen LogP contribution in [0.5, 0.6) is 5.75 Å². The lowest BCUT2D eigenvalue weighted by molar-refractivity contribution is 0.0988. The summed E-state index contributed by atoms with van der Waals surface area (Å²) >= 11 is 0. The summed E-state index contributed by atoms with van der Waals surface area (Å²) in [6.07, 6.45) is 4.10. The Morgan fingerprint density at radius 3 is 2.48 bits per heavy atom. The molecule has 1 aliphatic carbocycles. The van der Waals surface area contributed by atoms with E-state index in [1.165, 1.54) is 6.42 Å². The van der Waals surface area contributed by atoms with Crippen LogP contribution >= 0.6 is 0 Å². The van der Waals surface area contributed by atoms with E-state index in [2.05, 4.69) is 28.9 Å². The van der Waals surface area contributed by atoms with Crippen molar-refractivity contribution in [2.75, 3.05) is 0 Å². The molecule has 3 atom stereocenters. The zero-order valence-electron chi connectivity index (χ0n) is 14.4. The van der Waals surface area contributed by atoms with Crippen LogP contribution in [0.2, 0.25) is 0 Å². The first-order valence-electron chi connectivity index (χ1n) is 8.38. The minimum atomic E-state index is -0.223. The van der Waals surface area contributed by atoms with Crippen LogP contribution in [0.4, 0.5) is 0 Å². The Bertz CT molecular complexity index is 651. The van der Waals surface area contributed by atoms with Crippen LogP contribution in [0, 0.1) is 18.8 Å². The highest BCUT2D eigenvalue weighted by atomic mass is 16.5. The second kappa shape index (κ2) is 7.55. The number of aromatic amines is 1. The topological polar surface area (TPSA) is 90.9 Å². The first kappa shape index (κ1) is 17.4. The minimum Gasteiger partial charge on any atom is -0.490 e. The second-order valence-electron chi connectivity index (χ2n) is 6.77. The van der Waals surface area contributed by atoms with Gasteiger partial charge in [0, 0.05) is 16.2 Å². The summed E-state index contributed by atoms with van der Waals surface area (Å²) in [4.78, 5) is 17.9. The third-order valence-electron chi connectivity index (χ3n) is 4.64. The Hall–Kier alpha value is -1.94. The minimum absolute atomic E-state index is 0.0201. The summed E-state index contributed by atoms with van der Waals surface area (Å²) in [7, 11) is 0. The normalized spacial score (nSPS) is 24.1. The molecule has 1 aliphatic rings. The number of hydrogen-bond donors (Lipinski definition) is 1. The number of aryl methyl sites for hydroxylation is 1. The smallest absolute Gasteiger partial charge is 0.255 e. The van der Waals surface area contributed by atoms with E-state index in [4.69, 9.17) is 10.3 Å². The van der Waals surface area contributed by atoms with Gasteiger partial charge in [0.15, 0.2) is 0 Å². The summed E-state index contributed by atoms with van der Waals surface area (Å²) in [5, 5.41) is 3.57. The fourth-order valence-electron chi connectivity index (χ4n) is 3.73. The van der Waals surface area contributed by atoms with E-state index in [1.54, 1.807) is 0 Å². The van der Waals surface area contributed by atoms with Crippen molar-refractivity contribution in [1.82, 2.24) is 4.98 Å². The number of aromatic nitrogens is 1. The van der Waals surface area contributed by atoms with Crippen molar-refractivity contribution in [2.24, 2.45) is 17.0 Å². The maximum atomic E-state index is 12.3. The summed E-state index contributed by atoms with van der Waals surface area (Å²) in [6.45, 7) is 8.44. The molecular formula is C17H26N4O2. The van der Waals surface area contributed by atoms with Crippen LogP contribution in [0.1, 0.15) is 56.9 Å². The van der Waals surface area contributed by atoms with E-state index < -0.39 is 0 Å². The average molecular weight is 318 g/mol. The van der Waals surface area contributed by atoms with Crippen molar-refractivity contribution in [2.45, 2.75) is 66.0 Å². The van der Waals surface area contributed by atoms with Gasteiger partial charge in [0.25, 0.3) is 5.56 Å². The molecule has 0 aromatic carbocycles. The number of ether oxygens (including phenoxy) is 1. The fraction of sp³-hybridized carbons (Fsp3) is 0.706. The molecule has 1 heterocycles. The molecule has 6 heteroatoms. The maximum absolute atomic E-state index is 12.3. The molecule has 1 fully saturated rings. The SMILES string of the molecule is CCc1c(C)[nH]c(=O)c(CN=[N+]=[N-])c1OC1C[C@@H](C)C[C@@H](C)C1. The van der Waals surface area contributed by atoms with Crippen LogP contribution in [0.15, 0.2) is 9.91 Å². The van der Waals surface area contributed by atoms with E-state index in [0.717, 1.165) is 30.5 Å². The highest BCUT2D eigenvalue weighted by Crippen LogP contribution is 2.34. The Balaban J connectivity index is 2.41. The molecule has 0 spiro atoms. The van der Waals surface area contributed by atoms with Crippen molar-refractivity contribution in [1.29, 1.82) is 0 Å². The lowest BCUT2D eigenvalue weighted by Gasteiger charge is -2.32. The molecule has 1 saturated carbocycles. The highest BCUT2D eigenvalue weighted by Gasteiger charge is 2.27. The van der Waals surface area contributed by atoms with Gasteiger partial charge in [-0.15, -0.1) is 0 Å². The monoisotopic (exact) mass is 318 g/mol. The van der Waals surface area contributed by atoms with Crippen molar-refractivity contribution in [3.63, 3.8) is 0 Å². The zero-order valence-corrected chi connectivity index (χ0v) is 14.4. The molecule has 6 nitrogen and oxygen atoms in total. The summed E-state index contributed by atoms with van der Waals surface area (Å²) in [6, 6.07) is 0. The first-order chi connectivity index (χ1) is 11.0. The highest BCUT2D eigenvalue weighted by molar-refractivity contribution is 5.42. The van der Waals surface area contributed by atoms with Gasteiger partial charge in [-0.05, 0) is 50.0 Å². The average Bonchev–Trinajstić information content (AvgIpc) is 2.46. The van der Waals surface area contributed by atoms with Gasteiger partial charge in [-0.2, -0.15) is 0 Å². The lowest BCUT2D eigenvalue weighted by atomic mass is 9.81. The van der Waals surface area contributed by atoms with Crippen LogP contribution in [0.25, 0.3) is 10.4 Å². The summed E-state index contributed by atoms with van der Waals surface area (Å²) in [5.74, 6) is 1.88. The van der Waals surface area contributed by atoms with Crippen molar-refractivity contribution in [3.8, 4) is 5.75 Å². The van der Waals surface area contributed by atoms with E-state index in [1.807, 2.05) is 13.8 Å². The van der Waals surface area contributed by atoms with Gasteiger partial charge in [-0.3, -0.25) is 4.79 Å². The van der Waals surface area contributed by atoms with Gasteiger partial charge in [0.1, 0.15) is 5.75 Å². The number of nitrogens with one attached hydrogen (secondary N) is 1. The van der Waals surface area contributed by atoms with E-state index in [0.29, 0.717) is 23.1 Å². The van der Waals surface area contributed by atoms with E-state index >= 15 is 0 Å². The molecular weight excluding hydrogens is 292 g/mol. The number of hydrogen-bond acceptors (Lipinski definition) is 3. The largest absolute Gasteiger partial charge is 0.490 e. The van der Waals surface area contributed by atoms with Gasteiger partial charge >= 0.3 is 0 Å². The molecule has 0 aliphatic heterocycles. The zero-order chi connectivity index (χ0) is 17.0. The summed E-state index contributed by atoms with van der Waals surface area (Å²) < 4.78 is 6.30. The third-order valence-corrected chi connectivity index (χ3v) is 4.64. The van der Waals surface area contributed by atoms with Gasteiger partial charge in [0.05, 0.1) is 18.2 Å². The predicted molar refractivity (Wildman–Crippen MR) is 90.6 cm³/mol. The molecule has 1 unspecified atom stereocenters. The molecule has 1 aromatic rings. The van der Waals surface area contributed by atoms with Crippen molar-refractivity contribution < 1.29 is 4.74 Å². The summed E-state index contributed by atoms with van der Waals surface area (Å²) in [5.41, 5.74) is 10.6. The standard InChI is InChI=1S/C17H26N4O2/c1-5-14-12(4)20-17(22)15(9-19-21-18)16(14)23-13-7-10(2)6-11(3)8-13/h10-11,13H,5-9H2,1-4H3,(H,20,22)/t10-,11+,13?. The van der Waals surface area contributed by atoms with Gasteiger partial charge in [-0.25, -0.2) is 0 Å². The number of pyridine rings is 1. The molecule has 1 N–H and O–H groups in total. The predicted octanol–water partition coefficient (Wildman–Crippen LogP) is 4.26. The Kier molecular flexibility index (Phi) is 5.72. The van der Waals surface area contributed by atoms with Crippen LogP contribution in [-0.2, 0) is 13.0 Å². The van der Waals surface area contributed by atoms with E-state index in [9.17, 15) is 4.79 Å². The third kappa shape index (κ3) is 4.08. The number of azide groups is 1. The molecule has 23 heavy (non-hydrogen) atoms. The van der Waals surface area contributed by atoms with Gasteiger partial charge in [-0.1, -0.05) is 25.9 Å². The lowest BCUT2D eigenvalue weighted by Crippen LogP contribution is -2.30. The number of nitrogens with zero attached hydrogens (tertiary/aromatic N) is 3.